The SMILES string of the molecule is CCc1cccc(O)c1CCCC(O)OC. The van der Waals surface area contributed by atoms with Crippen LogP contribution in [0.3, 0.4) is 0 Å². The molecule has 0 aliphatic carbocycles. The predicted octanol–water partition coefficient (Wildman–Crippen LogP) is 2.24. The molecule has 0 aromatic heterocycles. The fourth-order valence-corrected chi connectivity index (χ4v) is 1.81. The zero-order chi connectivity index (χ0) is 12.0. The molecule has 3 nitrogen and oxygen atoms in total. The maximum Gasteiger partial charge on any atom is 0.154 e. The van der Waals surface area contributed by atoms with Crippen molar-refractivity contribution in [2.75, 3.05) is 7.11 Å². The molecule has 0 saturated carbocycles. The molecule has 3 heteroatoms. The van der Waals surface area contributed by atoms with E-state index in [1.165, 1.54) is 12.7 Å². The molecule has 2 N–H and O–H groups in total. The van der Waals surface area contributed by atoms with Gasteiger partial charge in [0.1, 0.15) is 5.75 Å². The third kappa shape index (κ3) is 3.51. The molecule has 0 fully saturated rings. The Morgan fingerprint density at radius 1 is 1.38 bits per heavy atom. The first-order valence-corrected chi connectivity index (χ1v) is 5.69. The molecule has 90 valence electrons. The van der Waals surface area contributed by atoms with Crippen molar-refractivity contribution in [2.24, 2.45) is 0 Å². The van der Waals surface area contributed by atoms with E-state index in [1.54, 1.807) is 6.07 Å². The Hall–Kier alpha value is -1.06. The van der Waals surface area contributed by atoms with Crippen molar-refractivity contribution in [3.05, 3.63) is 29.3 Å². The first kappa shape index (κ1) is 13.0. The van der Waals surface area contributed by atoms with Crippen LogP contribution in [0, 0.1) is 0 Å². The van der Waals surface area contributed by atoms with Gasteiger partial charge in [-0.25, -0.2) is 0 Å². The van der Waals surface area contributed by atoms with Gasteiger partial charge in [0.25, 0.3) is 0 Å². The maximum atomic E-state index is 9.75. The van der Waals surface area contributed by atoms with Crippen molar-refractivity contribution in [1.82, 2.24) is 0 Å². The highest BCUT2D eigenvalue weighted by atomic mass is 16.6. The number of ether oxygens (including phenoxy) is 1. The van der Waals surface area contributed by atoms with Crippen LogP contribution < -0.4 is 0 Å². The van der Waals surface area contributed by atoms with E-state index in [4.69, 9.17) is 4.74 Å². The van der Waals surface area contributed by atoms with Crippen LogP contribution >= 0.6 is 0 Å². The van der Waals surface area contributed by atoms with E-state index in [1.807, 2.05) is 12.1 Å². The van der Waals surface area contributed by atoms with Crippen molar-refractivity contribution >= 4 is 0 Å². The number of aliphatic hydroxyl groups excluding tert-OH is 1. The lowest BCUT2D eigenvalue weighted by atomic mass is 9.99. The number of phenols is 1. The van der Waals surface area contributed by atoms with E-state index in [-0.39, 0.29) is 0 Å². The summed E-state index contributed by atoms with van der Waals surface area (Å²) in [6.07, 6.45) is 2.39. The van der Waals surface area contributed by atoms with Gasteiger partial charge in [0, 0.05) is 7.11 Å². The topological polar surface area (TPSA) is 49.7 Å². The van der Waals surface area contributed by atoms with Gasteiger partial charge in [0.15, 0.2) is 6.29 Å². The molecule has 0 saturated heterocycles. The van der Waals surface area contributed by atoms with Crippen molar-refractivity contribution < 1.29 is 14.9 Å². The van der Waals surface area contributed by atoms with Gasteiger partial charge < -0.3 is 14.9 Å². The number of aromatic hydroxyl groups is 1. The fourth-order valence-electron chi connectivity index (χ4n) is 1.81. The molecule has 0 heterocycles. The Bertz CT molecular complexity index is 323. The highest BCUT2D eigenvalue weighted by Crippen LogP contribution is 2.23. The number of phenolic OH excluding ortho intramolecular Hbond substituents is 1. The van der Waals surface area contributed by atoms with Crippen LogP contribution in [0.1, 0.15) is 30.9 Å². The summed E-state index contributed by atoms with van der Waals surface area (Å²) in [4.78, 5) is 0. The van der Waals surface area contributed by atoms with Crippen LogP contribution in [-0.4, -0.2) is 23.6 Å². The molecule has 0 spiro atoms. The molecule has 1 atom stereocenters. The van der Waals surface area contributed by atoms with Crippen molar-refractivity contribution in [3.63, 3.8) is 0 Å². The Morgan fingerprint density at radius 3 is 2.75 bits per heavy atom. The molecule has 0 amide bonds. The third-order valence-corrected chi connectivity index (χ3v) is 2.78. The van der Waals surface area contributed by atoms with Gasteiger partial charge in [-0.3, -0.25) is 0 Å². The van der Waals surface area contributed by atoms with Crippen LogP contribution in [0.4, 0.5) is 0 Å². The zero-order valence-electron chi connectivity index (χ0n) is 9.94. The average molecular weight is 224 g/mol. The number of aryl methyl sites for hydroxylation is 1. The quantitative estimate of drug-likeness (QED) is 0.729. The number of methoxy groups -OCH3 is 1. The van der Waals surface area contributed by atoms with Crippen LogP contribution in [-0.2, 0) is 17.6 Å². The number of hydrogen-bond donors (Lipinski definition) is 2. The van der Waals surface area contributed by atoms with Gasteiger partial charge in [0.2, 0.25) is 0 Å². The first-order valence-electron chi connectivity index (χ1n) is 5.69. The molecule has 1 unspecified atom stereocenters. The summed E-state index contributed by atoms with van der Waals surface area (Å²) >= 11 is 0. The van der Waals surface area contributed by atoms with E-state index in [0.717, 1.165) is 24.8 Å². The summed E-state index contributed by atoms with van der Waals surface area (Å²) in [5.41, 5.74) is 2.17. The zero-order valence-corrected chi connectivity index (χ0v) is 9.94. The van der Waals surface area contributed by atoms with E-state index in [9.17, 15) is 10.2 Å². The molecule has 0 radical (unpaired) electrons. The molecule has 0 bridgehead atoms. The predicted molar refractivity (Wildman–Crippen MR) is 63.4 cm³/mol. The van der Waals surface area contributed by atoms with E-state index in [2.05, 4.69) is 6.92 Å². The smallest absolute Gasteiger partial charge is 0.154 e. The van der Waals surface area contributed by atoms with Crippen LogP contribution in [0.5, 0.6) is 5.75 Å². The van der Waals surface area contributed by atoms with Gasteiger partial charge in [0.05, 0.1) is 0 Å². The average Bonchev–Trinajstić information content (AvgIpc) is 2.30. The van der Waals surface area contributed by atoms with Gasteiger partial charge in [-0.2, -0.15) is 0 Å². The molecular weight excluding hydrogens is 204 g/mol. The summed E-state index contributed by atoms with van der Waals surface area (Å²) in [5.74, 6) is 0.353. The Labute approximate surface area is 96.7 Å². The van der Waals surface area contributed by atoms with Crippen molar-refractivity contribution in [2.45, 2.75) is 38.9 Å². The number of aliphatic hydroxyl groups is 1. The largest absolute Gasteiger partial charge is 0.508 e. The van der Waals surface area contributed by atoms with E-state index < -0.39 is 6.29 Å². The highest BCUT2D eigenvalue weighted by Gasteiger charge is 2.07. The minimum atomic E-state index is -0.698. The molecular formula is C13H20O3. The summed E-state index contributed by atoms with van der Waals surface area (Å²) in [7, 11) is 1.49. The second-order valence-corrected chi connectivity index (χ2v) is 3.85. The van der Waals surface area contributed by atoms with Gasteiger partial charge in [-0.15, -0.1) is 0 Å². The molecule has 1 rings (SSSR count). The molecule has 16 heavy (non-hydrogen) atoms. The lowest BCUT2D eigenvalue weighted by molar-refractivity contribution is -0.0789. The van der Waals surface area contributed by atoms with Crippen molar-refractivity contribution in [3.8, 4) is 5.75 Å². The highest BCUT2D eigenvalue weighted by molar-refractivity contribution is 5.39. The van der Waals surface area contributed by atoms with Crippen molar-refractivity contribution in [1.29, 1.82) is 0 Å². The summed E-state index contributed by atoms with van der Waals surface area (Å²) in [6, 6.07) is 5.60. The first-order chi connectivity index (χ1) is 7.69. The lowest BCUT2D eigenvalue weighted by Gasteiger charge is -2.11. The summed E-state index contributed by atoms with van der Waals surface area (Å²) in [6.45, 7) is 2.07. The number of benzene rings is 1. The number of hydrogen-bond acceptors (Lipinski definition) is 3. The van der Waals surface area contributed by atoms with Gasteiger partial charge in [-0.1, -0.05) is 19.1 Å². The second-order valence-electron chi connectivity index (χ2n) is 3.85. The minimum Gasteiger partial charge on any atom is -0.508 e. The maximum absolute atomic E-state index is 9.75. The normalized spacial score (nSPS) is 12.7. The molecule has 0 aliphatic rings. The molecule has 1 aromatic carbocycles. The molecule has 0 aliphatic heterocycles. The Morgan fingerprint density at radius 2 is 2.12 bits per heavy atom. The van der Waals surface area contributed by atoms with Crippen LogP contribution in [0.15, 0.2) is 18.2 Å². The standard InChI is InChI=1S/C13H20O3/c1-3-10-6-4-8-12(14)11(10)7-5-9-13(15)16-2/h4,6,8,13-15H,3,5,7,9H2,1-2H3. The second kappa shape index (κ2) is 6.51. The molecule has 1 aromatic rings. The Balaban J connectivity index is 2.59. The Kier molecular flexibility index (Phi) is 5.29. The summed E-state index contributed by atoms with van der Waals surface area (Å²) in [5, 5.41) is 19.0. The lowest BCUT2D eigenvalue weighted by Crippen LogP contribution is -2.09. The van der Waals surface area contributed by atoms with Gasteiger partial charge in [-0.05, 0) is 42.9 Å². The van der Waals surface area contributed by atoms with Gasteiger partial charge >= 0.3 is 0 Å². The number of rotatable bonds is 6. The van der Waals surface area contributed by atoms with E-state index in [0.29, 0.717) is 12.2 Å². The minimum absolute atomic E-state index is 0.353. The van der Waals surface area contributed by atoms with E-state index >= 15 is 0 Å². The summed E-state index contributed by atoms with van der Waals surface area (Å²) < 4.78 is 4.77. The third-order valence-electron chi connectivity index (χ3n) is 2.78. The van der Waals surface area contributed by atoms with Crippen LogP contribution in [0.2, 0.25) is 0 Å². The monoisotopic (exact) mass is 224 g/mol. The van der Waals surface area contributed by atoms with Crippen LogP contribution in [0.25, 0.3) is 0 Å². The fraction of sp³-hybridized carbons (Fsp3) is 0.538.